The highest BCUT2D eigenvalue weighted by atomic mass is 16.3. The van der Waals surface area contributed by atoms with Gasteiger partial charge in [0.05, 0.1) is 18.4 Å². The van der Waals surface area contributed by atoms with E-state index >= 15 is 0 Å². The maximum Gasteiger partial charge on any atom is 0.137 e. The zero-order chi connectivity index (χ0) is 8.39. The molecular weight excluding hydrogens is 154 g/mol. The second-order valence-electron chi connectivity index (χ2n) is 2.48. The van der Waals surface area contributed by atoms with Gasteiger partial charge in [-0.2, -0.15) is 0 Å². The quantitative estimate of drug-likeness (QED) is 0.736. The van der Waals surface area contributed by atoms with Crippen LogP contribution >= 0.6 is 0 Å². The molecule has 2 rings (SSSR count). The first-order valence-corrected chi connectivity index (χ1v) is 3.71. The highest BCUT2D eigenvalue weighted by Gasteiger charge is 2.03. The normalized spacial score (nSPS) is 10.4. The largest absolute Gasteiger partial charge is 0.472 e. The van der Waals surface area contributed by atoms with E-state index in [1.807, 2.05) is 18.2 Å². The summed E-state index contributed by atoms with van der Waals surface area (Å²) in [6, 6.07) is 5.59. The van der Waals surface area contributed by atoms with E-state index in [9.17, 15) is 0 Å². The Kier molecular flexibility index (Phi) is 1.72. The summed E-state index contributed by atoms with van der Waals surface area (Å²) < 4.78 is 10.3. The van der Waals surface area contributed by atoms with Crippen LogP contribution in [0, 0.1) is 0 Å². The Hall–Kier alpha value is -1.48. The SMILES string of the molecule is NCc1ccc(-c2ccoc2)o1. The van der Waals surface area contributed by atoms with Gasteiger partial charge >= 0.3 is 0 Å². The van der Waals surface area contributed by atoms with Gasteiger partial charge in [0, 0.05) is 0 Å². The van der Waals surface area contributed by atoms with Gasteiger partial charge in [-0.25, -0.2) is 0 Å². The zero-order valence-electron chi connectivity index (χ0n) is 6.49. The molecule has 0 amide bonds. The number of nitrogens with two attached hydrogens (primary N) is 1. The minimum absolute atomic E-state index is 0.428. The second kappa shape index (κ2) is 2.87. The summed E-state index contributed by atoms with van der Waals surface area (Å²) in [4.78, 5) is 0. The van der Waals surface area contributed by atoms with Crippen molar-refractivity contribution in [1.29, 1.82) is 0 Å². The third kappa shape index (κ3) is 1.14. The molecule has 0 spiro atoms. The van der Waals surface area contributed by atoms with Crippen molar-refractivity contribution >= 4 is 0 Å². The molecule has 0 aliphatic carbocycles. The van der Waals surface area contributed by atoms with Gasteiger partial charge in [0.15, 0.2) is 0 Å². The van der Waals surface area contributed by atoms with Crippen molar-refractivity contribution < 1.29 is 8.83 Å². The Morgan fingerprint density at radius 3 is 2.75 bits per heavy atom. The Labute approximate surface area is 69.8 Å². The first kappa shape index (κ1) is 7.18. The topological polar surface area (TPSA) is 52.3 Å². The molecule has 2 N–H and O–H groups in total. The van der Waals surface area contributed by atoms with E-state index in [0.717, 1.165) is 17.1 Å². The lowest BCUT2D eigenvalue weighted by atomic mass is 10.3. The van der Waals surface area contributed by atoms with E-state index in [1.165, 1.54) is 0 Å². The minimum Gasteiger partial charge on any atom is -0.472 e. The van der Waals surface area contributed by atoms with Gasteiger partial charge in [0.1, 0.15) is 17.8 Å². The first-order chi connectivity index (χ1) is 5.90. The molecule has 0 bridgehead atoms. The van der Waals surface area contributed by atoms with Crippen LogP contribution in [-0.4, -0.2) is 0 Å². The summed E-state index contributed by atoms with van der Waals surface area (Å²) in [6.45, 7) is 0.428. The molecule has 0 radical (unpaired) electrons. The fraction of sp³-hybridized carbons (Fsp3) is 0.111. The molecule has 62 valence electrons. The summed E-state index contributed by atoms with van der Waals surface area (Å²) in [5.41, 5.74) is 6.34. The van der Waals surface area contributed by atoms with Crippen molar-refractivity contribution in [1.82, 2.24) is 0 Å². The zero-order valence-corrected chi connectivity index (χ0v) is 6.49. The second-order valence-corrected chi connectivity index (χ2v) is 2.48. The standard InChI is InChI=1S/C9H9NO2/c10-5-8-1-2-9(12-8)7-3-4-11-6-7/h1-4,6H,5,10H2. The summed E-state index contributed by atoms with van der Waals surface area (Å²) in [5.74, 6) is 1.58. The fourth-order valence-electron chi connectivity index (χ4n) is 1.05. The van der Waals surface area contributed by atoms with Crippen molar-refractivity contribution in [3.05, 3.63) is 36.5 Å². The number of furan rings is 2. The van der Waals surface area contributed by atoms with Gasteiger partial charge in [0.2, 0.25) is 0 Å². The highest BCUT2D eigenvalue weighted by molar-refractivity contribution is 5.55. The Balaban J connectivity index is 2.35. The molecular formula is C9H9NO2. The van der Waals surface area contributed by atoms with Gasteiger partial charge in [-0.05, 0) is 18.2 Å². The van der Waals surface area contributed by atoms with Crippen molar-refractivity contribution in [3.8, 4) is 11.3 Å². The van der Waals surface area contributed by atoms with E-state index in [1.54, 1.807) is 12.5 Å². The molecule has 0 aliphatic heterocycles. The molecule has 0 aromatic carbocycles. The predicted molar refractivity (Wildman–Crippen MR) is 44.3 cm³/mol. The molecule has 12 heavy (non-hydrogen) atoms. The van der Waals surface area contributed by atoms with Crippen LogP contribution in [0.15, 0.2) is 39.6 Å². The predicted octanol–water partition coefficient (Wildman–Crippen LogP) is 2.00. The van der Waals surface area contributed by atoms with Crippen molar-refractivity contribution in [2.24, 2.45) is 5.73 Å². The smallest absolute Gasteiger partial charge is 0.137 e. The van der Waals surface area contributed by atoms with E-state index < -0.39 is 0 Å². The Morgan fingerprint density at radius 2 is 2.17 bits per heavy atom. The summed E-state index contributed by atoms with van der Waals surface area (Å²) in [6.07, 6.45) is 3.25. The van der Waals surface area contributed by atoms with Gasteiger partial charge in [-0.1, -0.05) is 0 Å². The van der Waals surface area contributed by atoms with Crippen molar-refractivity contribution in [2.45, 2.75) is 6.54 Å². The molecule has 0 aliphatic rings. The van der Waals surface area contributed by atoms with Crippen molar-refractivity contribution in [3.63, 3.8) is 0 Å². The van der Waals surface area contributed by atoms with Crippen LogP contribution in [0.3, 0.4) is 0 Å². The third-order valence-electron chi connectivity index (χ3n) is 1.67. The summed E-state index contributed by atoms with van der Waals surface area (Å²) in [7, 11) is 0. The lowest BCUT2D eigenvalue weighted by molar-refractivity contribution is 0.522. The minimum atomic E-state index is 0.428. The Bertz CT molecular complexity index is 348. The average Bonchev–Trinajstić information content (AvgIpc) is 2.75. The summed E-state index contributed by atoms with van der Waals surface area (Å²) in [5, 5.41) is 0. The molecule has 0 atom stereocenters. The Morgan fingerprint density at radius 1 is 1.25 bits per heavy atom. The van der Waals surface area contributed by atoms with E-state index in [4.69, 9.17) is 14.6 Å². The molecule has 2 aromatic rings. The highest BCUT2D eigenvalue weighted by Crippen LogP contribution is 2.21. The molecule has 3 heteroatoms. The monoisotopic (exact) mass is 163 g/mol. The van der Waals surface area contributed by atoms with Crippen LogP contribution in [0.4, 0.5) is 0 Å². The molecule has 0 saturated carbocycles. The van der Waals surface area contributed by atoms with Crippen molar-refractivity contribution in [2.75, 3.05) is 0 Å². The molecule has 2 aromatic heterocycles. The van der Waals surface area contributed by atoms with E-state index in [-0.39, 0.29) is 0 Å². The maximum atomic E-state index is 5.40. The van der Waals surface area contributed by atoms with Gasteiger partial charge in [0.25, 0.3) is 0 Å². The lowest BCUT2D eigenvalue weighted by Crippen LogP contribution is -1.92. The fourth-order valence-corrected chi connectivity index (χ4v) is 1.05. The van der Waals surface area contributed by atoms with Gasteiger partial charge < -0.3 is 14.6 Å². The molecule has 0 unspecified atom stereocenters. The number of hydrogen-bond acceptors (Lipinski definition) is 3. The molecule has 0 fully saturated rings. The molecule has 0 saturated heterocycles. The lowest BCUT2D eigenvalue weighted by Gasteiger charge is -1.88. The third-order valence-corrected chi connectivity index (χ3v) is 1.67. The summed E-state index contributed by atoms with van der Waals surface area (Å²) >= 11 is 0. The van der Waals surface area contributed by atoms with Crippen LogP contribution in [0.2, 0.25) is 0 Å². The van der Waals surface area contributed by atoms with Crippen LogP contribution in [0.1, 0.15) is 5.76 Å². The first-order valence-electron chi connectivity index (χ1n) is 3.71. The van der Waals surface area contributed by atoms with Crippen LogP contribution in [0.25, 0.3) is 11.3 Å². The molecule has 3 nitrogen and oxygen atoms in total. The van der Waals surface area contributed by atoms with Gasteiger partial charge in [-0.15, -0.1) is 0 Å². The molecule has 2 heterocycles. The number of hydrogen-bond donors (Lipinski definition) is 1. The van der Waals surface area contributed by atoms with Gasteiger partial charge in [-0.3, -0.25) is 0 Å². The van der Waals surface area contributed by atoms with E-state index in [0.29, 0.717) is 6.54 Å². The average molecular weight is 163 g/mol. The van der Waals surface area contributed by atoms with E-state index in [2.05, 4.69) is 0 Å². The maximum absolute atomic E-state index is 5.40. The van der Waals surface area contributed by atoms with Crippen LogP contribution in [-0.2, 0) is 6.54 Å². The number of rotatable bonds is 2. The van der Waals surface area contributed by atoms with Crippen LogP contribution < -0.4 is 5.73 Å². The van der Waals surface area contributed by atoms with Crippen LogP contribution in [0.5, 0.6) is 0 Å².